The average Bonchev–Trinajstić information content (AvgIpc) is 3.08. The monoisotopic (exact) mass is 443 g/mol. The van der Waals surface area contributed by atoms with Crippen LogP contribution in [0.25, 0.3) is 22.2 Å². The molecule has 0 bridgehead atoms. The van der Waals surface area contributed by atoms with Crippen molar-refractivity contribution in [3.05, 3.63) is 48.0 Å². The van der Waals surface area contributed by atoms with E-state index >= 15 is 0 Å². The first kappa shape index (κ1) is 23.5. The lowest BCUT2D eigenvalue weighted by Crippen LogP contribution is -2.11. The van der Waals surface area contributed by atoms with E-state index in [1.807, 2.05) is 35.8 Å². The molecule has 0 saturated carbocycles. The number of hydrogen-bond acceptors (Lipinski definition) is 5. The van der Waals surface area contributed by atoms with E-state index < -0.39 is 6.61 Å². The van der Waals surface area contributed by atoms with Gasteiger partial charge in [0.2, 0.25) is 0 Å². The molecule has 0 unspecified atom stereocenters. The maximum Gasteiger partial charge on any atom is 0.387 e. The third kappa shape index (κ3) is 5.55. The zero-order valence-electron chi connectivity index (χ0n) is 18.4. The minimum atomic E-state index is -2.90. The van der Waals surface area contributed by atoms with Crippen molar-refractivity contribution >= 4 is 16.6 Å². The maximum absolute atomic E-state index is 12.6. The highest BCUT2D eigenvalue weighted by Crippen LogP contribution is 2.36. The van der Waals surface area contributed by atoms with E-state index in [1.165, 1.54) is 6.07 Å². The van der Waals surface area contributed by atoms with Crippen LogP contribution in [0.4, 0.5) is 14.5 Å². The smallest absolute Gasteiger partial charge is 0.387 e. The van der Waals surface area contributed by atoms with Crippen molar-refractivity contribution in [3.8, 4) is 23.1 Å². The number of benzene rings is 2. The molecule has 32 heavy (non-hydrogen) atoms. The van der Waals surface area contributed by atoms with Gasteiger partial charge in [0.1, 0.15) is 25.3 Å². The molecule has 0 radical (unpaired) electrons. The number of nitrogens with zero attached hydrogens (tertiary/aromatic N) is 2. The molecular weight excluding hydrogens is 416 g/mol. The largest absolute Gasteiger partial charge is 0.435 e. The number of aryl methyl sites for hydroxylation is 1. The van der Waals surface area contributed by atoms with Crippen LogP contribution >= 0.6 is 0 Å². The van der Waals surface area contributed by atoms with E-state index in [-0.39, 0.29) is 12.5 Å². The number of halogens is 2. The molecule has 0 atom stereocenters. The number of fused-ring (bicyclic) bond motifs is 1. The number of alkyl halides is 2. The molecule has 8 heteroatoms. The summed E-state index contributed by atoms with van der Waals surface area (Å²) in [6, 6.07) is 14.5. The van der Waals surface area contributed by atoms with Gasteiger partial charge in [0.05, 0.1) is 23.4 Å². The summed E-state index contributed by atoms with van der Waals surface area (Å²) in [4.78, 5) is 0. The Balaban J connectivity index is 1.80. The first-order valence-corrected chi connectivity index (χ1v) is 10.5. The molecule has 1 N–H and O–H groups in total. The third-order valence-electron chi connectivity index (χ3n) is 4.84. The Bertz CT molecular complexity index is 1070. The Hall–Kier alpha value is -3.15. The molecule has 2 aromatic carbocycles. The molecule has 170 valence electrons. The average molecular weight is 443 g/mol. The number of nitrogens with one attached hydrogen (secondary N) is 1. The van der Waals surface area contributed by atoms with Gasteiger partial charge >= 0.3 is 6.61 Å². The van der Waals surface area contributed by atoms with Crippen LogP contribution in [0.5, 0.6) is 5.75 Å². The topological polar surface area (TPSA) is 68.4 Å². The molecule has 0 aliphatic rings. The number of hydrogen-bond donors (Lipinski definition) is 1. The normalized spacial score (nSPS) is 11.3. The molecule has 1 aromatic heterocycles. The Labute approximate surface area is 186 Å². The second kappa shape index (κ2) is 10.9. The predicted molar refractivity (Wildman–Crippen MR) is 120 cm³/mol. The van der Waals surface area contributed by atoms with Gasteiger partial charge < -0.3 is 24.1 Å². The van der Waals surface area contributed by atoms with Crippen molar-refractivity contribution in [2.45, 2.75) is 33.9 Å². The van der Waals surface area contributed by atoms with Crippen molar-refractivity contribution in [2.24, 2.45) is 5.92 Å². The van der Waals surface area contributed by atoms with Crippen LogP contribution in [-0.4, -0.2) is 31.3 Å². The summed E-state index contributed by atoms with van der Waals surface area (Å²) in [7, 11) is 0. The summed E-state index contributed by atoms with van der Waals surface area (Å²) in [6.45, 7) is 4.94. The summed E-state index contributed by atoms with van der Waals surface area (Å²) in [5.74, 6) is 0.521. The number of anilines is 1. The maximum atomic E-state index is 12.6. The van der Waals surface area contributed by atoms with Gasteiger partial charge in [-0.25, -0.2) is 0 Å². The summed E-state index contributed by atoms with van der Waals surface area (Å²) in [6.07, 6.45) is 0. The van der Waals surface area contributed by atoms with Gasteiger partial charge in [0.25, 0.3) is 0 Å². The quantitative estimate of drug-likeness (QED) is 0.299. The Kier molecular flexibility index (Phi) is 8.03. The molecule has 0 spiro atoms. The van der Waals surface area contributed by atoms with Crippen LogP contribution in [0.2, 0.25) is 0 Å². The number of ether oxygens (including phenoxy) is 3. The third-order valence-corrected chi connectivity index (χ3v) is 4.84. The van der Waals surface area contributed by atoms with Gasteiger partial charge in [-0.3, -0.25) is 0 Å². The van der Waals surface area contributed by atoms with Gasteiger partial charge in [0, 0.05) is 23.7 Å². The molecule has 3 aromatic rings. The van der Waals surface area contributed by atoms with Crippen LogP contribution in [0, 0.1) is 17.2 Å². The summed E-state index contributed by atoms with van der Waals surface area (Å²) < 4.78 is 42.5. The SMILES string of the molecule is CCn1c(-c2ccc(NCOCOCC(C)C)cc2)c(C#N)c2ccc(OC(F)F)cc21. The van der Waals surface area contributed by atoms with Gasteiger partial charge in [-0.2, -0.15) is 14.0 Å². The molecule has 1 heterocycles. The van der Waals surface area contributed by atoms with Crippen molar-refractivity contribution < 1.29 is 23.0 Å². The first-order chi connectivity index (χ1) is 15.4. The lowest BCUT2D eigenvalue weighted by atomic mass is 10.1. The molecule has 0 saturated heterocycles. The minimum absolute atomic E-state index is 0.0626. The molecule has 0 fully saturated rings. The van der Waals surface area contributed by atoms with E-state index in [0.717, 1.165) is 16.9 Å². The Morgan fingerprint density at radius 2 is 1.84 bits per heavy atom. The van der Waals surface area contributed by atoms with Crippen LogP contribution < -0.4 is 10.1 Å². The Morgan fingerprint density at radius 3 is 2.47 bits per heavy atom. The van der Waals surface area contributed by atoms with E-state index in [0.29, 0.717) is 42.3 Å². The molecule has 0 aliphatic heterocycles. The lowest BCUT2D eigenvalue weighted by Gasteiger charge is -2.12. The van der Waals surface area contributed by atoms with Crippen LogP contribution in [0.15, 0.2) is 42.5 Å². The zero-order valence-corrected chi connectivity index (χ0v) is 18.4. The highest BCUT2D eigenvalue weighted by Gasteiger charge is 2.19. The summed E-state index contributed by atoms with van der Waals surface area (Å²) >= 11 is 0. The first-order valence-electron chi connectivity index (χ1n) is 10.5. The van der Waals surface area contributed by atoms with Gasteiger partial charge in [-0.1, -0.05) is 26.0 Å². The summed E-state index contributed by atoms with van der Waals surface area (Å²) in [5.41, 5.74) is 3.63. The second-order valence-corrected chi connectivity index (χ2v) is 7.62. The fourth-order valence-electron chi connectivity index (χ4n) is 3.51. The lowest BCUT2D eigenvalue weighted by molar-refractivity contribution is -0.0556. The van der Waals surface area contributed by atoms with Crippen LogP contribution in [-0.2, 0) is 16.0 Å². The molecular formula is C24H27F2N3O3. The highest BCUT2D eigenvalue weighted by molar-refractivity contribution is 5.95. The number of aromatic nitrogens is 1. The fraction of sp³-hybridized carbons (Fsp3) is 0.375. The molecule has 0 amide bonds. The Morgan fingerprint density at radius 1 is 1.09 bits per heavy atom. The van der Waals surface area contributed by atoms with E-state index in [1.54, 1.807) is 12.1 Å². The van der Waals surface area contributed by atoms with Crippen LogP contribution in [0.1, 0.15) is 26.3 Å². The molecule has 0 aliphatic carbocycles. The second-order valence-electron chi connectivity index (χ2n) is 7.62. The van der Waals surface area contributed by atoms with Crippen molar-refractivity contribution in [2.75, 3.05) is 25.4 Å². The van der Waals surface area contributed by atoms with Crippen LogP contribution in [0.3, 0.4) is 0 Å². The molecule has 3 rings (SSSR count). The van der Waals surface area contributed by atoms with Gasteiger partial charge in [-0.05, 0) is 42.7 Å². The fourth-order valence-corrected chi connectivity index (χ4v) is 3.51. The number of rotatable bonds is 11. The van der Waals surface area contributed by atoms with Crippen molar-refractivity contribution in [1.82, 2.24) is 4.57 Å². The van der Waals surface area contributed by atoms with E-state index in [2.05, 4.69) is 30.0 Å². The molecule has 6 nitrogen and oxygen atoms in total. The van der Waals surface area contributed by atoms with E-state index in [9.17, 15) is 14.0 Å². The highest BCUT2D eigenvalue weighted by atomic mass is 19.3. The standard InChI is InChI=1S/C24H27F2N3O3/c1-4-29-22-11-19(32-24(25)26)9-10-20(22)21(12-27)23(29)17-5-7-18(8-6-17)28-14-31-15-30-13-16(2)3/h5-11,16,24,28H,4,13-15H2,1-3H3. The number of nitriles is 1. The van der Waals surface area contributed by atoms with Crippen molar-refractivity contribution in [3.63, 3.8) is 0 Å². The summed E-state index contributed by atoms with van der Waals surface area (Å²) in [5, 5.41) is 13.7. The van der Waals surface area contributed by atoms with Gasteiger partial charge in [0.15, 0.2) is 0 Å². The van der Waals surface area contributed by atoms with E-state index in [4.69, 9.17) is 9.47 Å². The van der Waals surface area contributed by atoms with Crippen molar-refractivity contribution in [1.29, 1.82) is 5.26 Å². The van der Waals surface area contributed by atoms with Gasteiger partial charge in [-0.15, -0.1) is 0 Å². The minimum Gasteiger partial charge on any atom is -0.435 e. The predicted octanol–water partition coefficient (Wildman–Crippen LogP) is 5.82. The zero-order chi connectivity index (χ0) is 23.1.